The van der Waals surface area contributed by atoms with Gasteiger partial charge in [-0.3, -0.25) is 4.79 Å². The van der Waals surface area contributed by atoms with Crippen molar-refractivity contribution in [3.8, 4) is 0 Å². The Balaban J connectivity index is 1.27. The summed E-state index contributed by atoms with van der Waals surface area (Å²) in [4.78, 5) is 28.5. The number of piperazine rings is 1. The molecule has 1 N–H and O–H groups in total. The van der Waals surface area contributed by atoms with Gasteiger partial charge in [0.05, 0.1) is 0 Å². The molecule has 2 aromatic rings. The van der Waals surface area contributed by atoms with Gasteiger partial charge in [0.2, 0.25) is 0 Å². The Morgan fingerprint density at radius 1 is 1.07 bits per heavy atom. The van der Waals surface area contributed by atoms with E-state index in [-0.39, 0.29) is 18.0 Å². The summed E-state index contributed by atoms with van der Waals surface area (Å²) in [7, 11) is 0. The predicted octanol–water partition coefficient (Wildman–Crippen LogP) is 3.37. The molecule has 7 heteroatoms. The van der Waals surface area contributed by atoms with Gasteiger partial charge in [0.15, 0.2) is 5.76 Å². The van der Waals surface area contributed by atoms with E-state index in [2.05, 4.69) is 27.3 Å². The molecule has 2 heterocycles. The quantitative estimate of drug-likeness (QED) is 0.809. The standard InChI is InChI=1S/C20H22BrN3O3/c1-13-6-7-18(27-13)19(25)23-8-10-24(11-9-23)20(26)22-17-12-15(17)14-4-2-3-5-16(14)21/h2-7,15,17H,8-12H2,1H3,(H,22,26). The molecular formula is C20H22BrN3O3. The Morgan fingerprint density at radius 3 is 2.44 bits per heavy atom. The lowest BCUT2D eigenvalue weighted by molar-refractivity contribution is 0.0632. The van der Waals surface area contributed by atoms with E-state index in [1.807, 2.05) is 25.1 Å². The number of nitrogens with zero attached hydrogens (tertiary/aromatic N) is 2. The maximum Gasteiger partial charge on any atom is 0.317 e. The van der Waals surface area contributed by atoms with E-state index in [0.29, 0.717) is 37.9 Å². The monoisotopic (exact) mass is 431 g/mol. The van der Waals surface area contributed by atoms with Gasteiger partial charge in [0.25, 0.3) is 5.91 Å². The van der Waals surface area contributed by atoms with E-state index < -0.39 is 0 Å². The molecule has 1 saturated carbocycles. The van der Waals surface area contributed by atoms with Crippen molar-refractivity contribution >= 4 is 27.9 Å². The molecule has 0 spiro atoms. The summed E-state index contributed by atoms with van der Waals surface area (Å²) < 4.78 is 6.50. The van der Waals surface area contributed by atoms with Gasteiger partial charge in [-0.15, -0.1) is 0 Å². The first-order valence-corrected chi connectivity index (χ1v) is 9.98. The number of carbonyl (C=O) groups excluding carboxylic acids is 2. The highest BCUT2D eigenvalue weighted by Gasteiger charge is 2.41. The Hall–Kier alpha value is -2.28. The van der Waals surface area contributed by atoms with E-state index in [0.717, 1.165) is 16.7 Å². The zero-order chi connectivity index (χ0) is 19.0. The van der Waals surface area contributed by atoms with E-state index in [4.69, 9.17) is 4.42 Å². The molecular weight excluding hydrogens is 410 g/mol. The smallest absolute Gasteiger partial charge is 0.317 e. The third-order valence-electron chi connectivity index (χ3n) is 5.21. The van der Waals surface area contributed by atoms with Crippen LogP contribution < -0.4 is 5.32 Å². The zero-order valence-electron chi connectivity index (χ0n) is 15.2. The maximum absolute atomic E-state index is 12.5. The number of aryl methyl sites for hydroxylation is 1. The fraction of sp³-hybridized carbons (Fsp3) is 0.400. The van der Waals surface area contributed by atoms with Crippen LogP contribution in [0.15, 0.2) is 45.3 Å². The molecule has 2 atom stereocenters. The van der Waals surface area contributed by atoms with Crippen molar-refractivity contribution in [1.29, 1.82) is 0 Å². The van der Waals surface area contributed by atoms with Crippen LogP contribution in [0.25, 0.3) is 0 Å². The summed E-state index contributed by atoms with van der Waals surface area (Å²) in [5.74, 6) is 1.34. The number of nitrogens with one attached hydrogen (secondary N) is 1. The Morgan fingerprint density at radius 2 is 1.78 bits per heavy atom. The number of urea groups is 1. The van der Waals surface area contributed by atoms with Crippen LogP contribution in [0.2, 0.25) is 0 Å². The van der Waals surface area contributed by atoms with Crippen molar-refractivity contribution in [2.75, 3.05) is 26.2 Å². The summed E-state index contributed by atoms with van der Waals surface area (Å²) in [6.45, 7) is 3.92. The molecule has 0 radical (unpaired) electrons. The van der Waals surface area contributed by atoms with Crippen LogP contribution in [-0.2, 0) is 0 Å². The Labute approximate surface area is 166 Å². The number of rotatable bonds is 3. The van der Waals surface area contributed by atoms with Gasteiger partial charge in [-0.2, -0.15) is 0 Å². The lowest BCUT2D eigenvalue weighted by Crippen LogP contribution is -2.53. The number of carbonyl (C=O) groups is 2. The van der Waals surface area contributed by atoms with Crippen LogP contribution >= 0.6 is 15.9 Å². The minimum absolute atomic E-state index is 0.0458. The molecule has 2 fully saturated rings. The van der Waals surface area contributed by atoms with Crippen molar-refractivity contribution in [2.24, 2.45) is 0 Å². The van der Waals surface area contributed by atoms with Crippen molar-refractivity contribution in [1.82, 2.24) is 15.1 Å². The van der Waals surface area contributed by atoms with Gasteiger partial charge in [-0.05, 0) is 37.1 Å². The Kier molecular flexibility index (Phi) is 4.95. The maximum atomic E-state index is 12.5. The largest absolute Gasteiger partial charge is 0.456 e. The molecule has 2 aliphatic rings. The number of hydrogen-bond acceptors (Lipinski definition) is 3. The first-order chi connectivity index (χ1) is 13.0. The summed E-state index contributed by atoms with van der Waals surface area (Å²) in [5, 5.41) is 3.12. The zero-order valence-corrected chi connectivity index (χ0v) is 16.7. The fourth-order valence-electron chi connectivity index (χ4n) is 3.54. The average molecular weight is 432 g/mol. The first kappa shape index (κ1) is 18.1. The van der Waals surface area contributed by atoms with E-state index in [9.17, 15) is 9.59 Å². The second-order valence-electron chi connectivity index (χ2n) is 7.11. The molecule has 4 rings (SSSR count). The van der Waals surface area contributed by atoms with Crippen LogP contribution in [-0.4, -0.2) is 54.0 Å². The molecule has 1 saturated heterocycles. The van der Waals surface area contributed by atoms with Crippen LogP contribution in [0.4, 0.5) is 4.79 Å². The van der Waals surface area contributed by atoms with Crippen LogP contribution in [0.5, 0.6) is 0 Å². The SMILES string of the molecule is Cc1ccc(C(=O)N2CCN(C(=O)NC3CC3c3ccccc3Br)CC2)o1. The molecule has 2 unspecified atom stereocenters. The molecule has 1 aliphatic heterocycles. The minimum atomic E-state index is -0.112. The number of benzene rings is 1. The molecule has 1 aromatic carbocycles. The summed E-state index contributed by atoms with van der Waals surface area (Å²) >= 11 is 3.58. The highest BCUT2D eigenvalue weighted by molar-refractivity contribution is 9.10. The minimum Gasteiger partial charge on any atom is -0.456 e. The van der Waals surface area contributed by atoms with Gasteiger partial charge < -0.3 is 19.5 Å². The lowest BCUT2D eigenvalue weighted by atomic mass is 10.1. The highest BCUT2D eigenvalue weighted by atomic mass is 79.9. The molecule has 27 heavy (non-hydrogen) atoms. The van der Waals surface area contributed by atoms with E-state index >= 15 is 0 Å². The highest BCUT2D eigenvalue weighted by Crippen LogP contribution is 2.43. The molecule has 1 aromatic heterocycles. The summed E-state index contributed by atoms with van der Waals surface area (Å²) in [6, 6.07) is 11.8. The topological polar surface area (TPSA) is 65.8 Å². The second kappa shape index (κ2) is 7.38. The predicted molar refractivity (Wildman–Crippen MR) is 105 cm³/mol. The Bertz CT molecular complexity index is 858. The van der Waals surface area contributed by atoms with Crippen molar-refractivity contribution < 1.29 is 14.0 Å². The number of hydrogen-bond donors (Lipinski definition) is 1. The number of halogens is 1. The number of furan rings is 1. The third-order valence-corrected chi connectivity index (χ3v) is 5.93. The lowest BCUT2D eigenvalue weighted by Gasteiger charge is -2.34. The van der Waals surface area contributed by atoms with Gasteiger partial charge in [-0.1, -0.05) is 34.1 Å². The van der Waals surface area contributed by atoms with Crippen LogP contribution in [0, 0.1) is 6.92 Å². The van der Waals surface area contributed by atoms with Gasteiger partial charge in [0.1, 0.15) is 5.76 Å². The van der Waals surface area contributed by atoms with E-state index in [1.165, 1.54) is 5.56 Å². The van der Waals surface area contributed by atoms with Crippen molar-refractivity contribution in [3.63, 3.8) is 0 Å². The van der Waals surface area contributed by atoms with Gasteiger partial charge >= 0.3 is 6.03 Å². The molecule has 3 amide bonds. The van der Waals surface area contributed by atoms with Gasteiger partial charge in [-0.25, -0.2) is 4.79 Å². The molecule has 1 aliphatic carbocycles. The molecule has 0 bridgehead atoms. The van der Waals surface area contributed by atoms with Crippen molar-refractivity contribution in [2.45, 2.75) is 25.3 Å². The van der Waals surface area contributed by atoms with Crippen molar-refractivity contribution in [3.05, 3.63) is 58.0 Å². The van der Waals surface area contributed by atoms with Gasteiger partial charge in [0, 0.05) is 42.6 Å². The third kappa shape index (κ3) is 3.88. The fourth-order valence-corrected chi connectivity index (χ4v) is 4.12. The number of amides is 3. The second-order valence-corrected chi connectivity index (χ2v) is 7.96. The average Bonchev–Trinajstić information content (AvgIpc) is 3.29. The normalized spacial score (nSPS) is 21.9. The summed E-state index contributed by atoms with van der Waals surface area (Å²) in [6.07, 6.45) is 0.963. The first-order valence-electron chi connectivity index (χ1n) is 9.18. The van der Waals surface area contributed by atoms with Crippen LogP contribution in [0.1, 0.15) is 34.2 Å². The molecule has 6 nitrogen and oxygen atoms in total. The van der Waals surface area contributed by atoms with E-state index in [1.54, 1.807) is 21.9 Å². The van der Waals surface area contributed by atoms with Crippen LogP contribution in [0.3, 0.4) is 0 Å². The summed E-state index contributed by atoms with van der Waals surface area (Å²) in [5.41, 5.74) is 1.24. The molecule has 142 valence electrons.